The summed E-state index contributed by atoms with van der Waals surface area (Å²) in [7, 11) is 0. The van der Waals surface area contributed by atoms with Crippen LogP contribution in [0.15, 0.2) is 0 Å². The lowest BCUT2D eigenvalue weighted by Gasteiger charge is -2.00. The molecule has 0 atom stereocenters. The lowest BCUT2D eigenvalue weighted by molar-refractivity contribution is -0.121. The van der Waals surface area contributed by atoms with E-state index in [1.54, 1.807) is 0 Å². The maximum absolute atomic E-state index is 11.4. The summed E-state index contributed by atoms with van der Waals surface area (Å²) in [6.45, 7) is -0.550. The van der Waals surface area contributed by atoms with Crippen molar-refractivity contribution in [2.24, 2.45) is 0 Å². The topological polar surface area (TPSA) is 29.1 Å². The molecule has 0 radical (unpaired) electrons. The predicted molar refractivity (Wildman–Crippen MR) is 37.4 cm³/mol. The number of carbonyl (C=O) groups excluding carboxylic acids is 1. The van der Waals surface area contributed by atoms with E-state index >= 15 is 0 Å². The standard InChI is InChI=1S/C5H8BrF2NO/c6-2-1-5(10)9-3-4(7)8/h4H,1-3H2,(H,9,10). The molecule has 0 unspecified atom stereocenters. The van der Waals surface area contributed by atoms with Crippen LogP contribution in [-0.4, -0.2) is 24.2 Å². The molecule has 0 aromatic rings. The molecular weight excluding hydrogens is 208 g/mol. The van der Waals surface area contributed by atoms with E-state index < -0.39 is 13.0 Å². The summed E-state index contributed by atoms with van der Waals surface area (Å²) in [5, 5.41) is 2.57. The molecule has 0 fully saturated rings. The highest BCUT2D eigenvalue weighted by atomic mass is 79.9. The number of nitrogens with one attached hydrogen (secondary N) is 1. The van der Waals surface area contributed by atoms with E-state index in [2.05, 4.69) is 21.2 Å². The largest absolute Gasteiger partial charge is 0.350 e. The summed E-state index contributed by atoms with van der Waals surface area (Å²) in [5.74, 6) is -0.350. The molecule has 0 rings (SSSR count). The summed E-state index contributed by atoms with van der Waals surface area (Å²) < 4.78 is 22.8. The van der Waals surface area contributed by atoms with Gasteiger partial charge in [-0.05, 0) is 0 Å². The van der Waals surface area contributed by atoms with E-state index in [1.165, 1.54) is 0 Å². The minimum Gasteiger partial charge on any atom is -0.350 e. The zero-order valence-corrected chi connectivity index (χ0v) is 6.83. The lowest BCUT2D eigenvalue weighted by Crippen LogP contribution is -2.28. The molecule has 2 nitrogen and oxygen atoms in total. The summed E-state index contributed by atoms with van der Waals surface area (Å²) >= 11 is 3.01. The van der Waals surface area contributed by atoms with Crippen LogP contribution in [0.1, 0.15) is 6.42 Å². The quantitative estimate of drug-likeness (QED) is 0.701. The van der Waals surface area contributed by atoms with Gasteiger partial charge in [0.2, 0.25) is 5.91 Å². The van der Waals surface area contributed by atoms with Crippen molar-refractivity contribution in [2.45, 2.75) is 12.8 Å². The van der Waals surface area contributed by atoms with Crippen molar-refractivity contribution in [3.05, 3.63) is 0 Å². The summed E-state index contributed by atoms with van der Waals surface area (Å²) in [6, 6.07) is 0. The molecule has 0 bridgehead atoms. The van der Waals surface area contributed by atoms with Gasteiger partial charge in [-0.15, -0.1) is 0 Å². The predicted octanol–water partition coefficient (Wildman–Crippen LogP) is 1.15. The van der Waals surface area contributed by atoms with Gasteiger partial charge in [-0.25, -0.2) is 8.78 Å². The molecule has 1 N–H and O–H groups in total. The second-order valence-electron chi connectivity index (χ2n) is 1.63. The van der Waals surface area contributed by atoms with Gasteiger partial charge in [0.15, 0.2) is 0 Å². The van der Waals surface area contributed by atoms with E-state index in [-0.39, 0.29) is 12.3 Å². The van der Waals surface area contributed by atoms with Crippen LogP contribution in [-0.2, 0) is 4.79 Å². The minimum atomic E-state index is -2.46. The molecule has 0 aromatic heterocycles. The smallest absolute Gasteiger partial charge is 0.255 e. The molecule has 0 saturated heterocycles. The Kier molecular flexibility index (Phi) is 5.48. The van der Waals surface area contributed by atoms with E-state index in [9.17, 15) is 13.6 Å². The van der Waals surface area contributed by atoms with Crippen LogP contribution in [0.5, 0.6) is 0 Å². The maximum atomic E-state index is 11.4. The molecule has 5 heteroatoms. The molecule has 0 aliphatic heterocycles. The lowest BCUT2D eigenvalue weighted by atomic mass is 10.4. The first-order valence-electron chi connectivity index (χ1n) is 2.77. The normalized spacial score (nSPS) is 10.0. The third kappa shape index (κ3) is 5.94. The number of amides is 1. The second kappa shape index (κ2) is 5.58. The van der Waals surface area contributed by atoms with Crippen LogP contribution in [0.25, 0.3) is 0 Å². The number of hydrogen-bond acceptors (Lipinski definition) is 1. The van der Waals surface area contributed by atoms with Crippen LogP contribution in [0.3, 0.4) is 0 Å². The third-order valence-corrected chi connectivity index (χ3v) is 1.17. The van der Waals surface area contributed by atoms with Gasteiger partial charge < -0.3 is 5.32 Å². The van der Waals surface area contributed by atoms with Crippen molar-refractivity contribution in [1.82, 2.24) is 5.32 Å². The zero-order valence-electron chi connectivity index (χ0n) is 5.24. The highest BCUT2D eigenvalue weighted by Crippen LogP contribution is 1.90. The summed E-state index contributed by atoms with van der Waals surface area (Å²) in [6.07, 6.45) is -2.22. The third-order valence-electron chi connectivity index (χ3n) is 0.775. The fraction of sp³-hybridized carbons (Fsp3) is 0.800. The molecular formula is C5H8BrF2NO. The van der Waals surface area contributed by atoms with Crippen LogP contribution in [0.4, 0.5) is 8.78 Å². The van der Waals surface area contributed by atoms with Crippen LogP contribution >= 0.6 is 15.9 Å². The Hall–Kier alpha value is -0.190. The molecule has 60 valence electrons. The zero-order chi connectivity index (χ0) is 7.98. The van der Waals surface area contributed by atoms with Crippen molar-refractivity contribution in [3.63, 3.8) is 0 Å². The molecule has 0 aromatic carbocycles. The first-order chi connectivity index (χ1) is 4.66. The average molecular weight is 216 g/mol. The number of rotatable bonds is 4. The van der Waals surface area contributed by atoms with Gasteiger partial charge in [0.1, 0.15) is 0 Å². The van der Waals surface area contributed by atoms with Crippen LogP contribution in [0.2, 0.25) is 0 Å². The molecule has 10 heavy (non-hydrogen) atoms. The van der Waals surface area contributed by atoms with Crippen molar-refractivity contribution < 1.29 is 13.6 Å². The summed E-state index contributed by atoms with van der Waals surface area (Å²) in [5.41, 5.74) is 0. The van der Waals surface area contributed by atoms with E-state index in [1.807, 2.05) is 0 Å². The molecule has 0 spiro atoms. The maximum Gasteiger partial charge on any atom is 0.255 e. The Morgan fingerprint density at radius 2 is 2.20 bits per heavy atom. The number of halogens is 3. The van der Waals surface area contributed by atoms with Gasteiger partial charge in [0.25, 0.3) is 6.43 Å². The van der Waals surface area contributed by atoms with Gasteiger partial charge in [-0.1, -0.05) is 15.9 Å². The first-order valence-corrected chi connectivity index (χ1v) is 3.89. The second-order valence-corrected chi connectivity index (χ2v) is 2.43. The van der Waals surface area contributed by atoms with Crippen molar-refractivity contribution in [3.8, 4) is 0 Å². The van der Waals surface area contributed by atoms with Gasteiger partial charge in [0.05, 0.1) is 6.54 Å². The van der Waals surface area contributed by atoms with Crippen molar-refractivity contribution in [2.75, 3.05) is 11.9 Å². The van der Waals surface area contributed by atoms with E-state index in [4.69, 9.17) is 0 Å². The fourth-order valence-electron chi connectivity index (χ4n) is 0.365. The molecule has 0 aliphatic rings. The highest BCUT2D eigenvalue weighted by Gasteiger charge is 2.04. The monoisotopic (exact) mass is 215 g/mol. The number of carbonyl (C=O) groups is 1. The number of alkyl halides is 3. The van der Waals surface area contributed by atoms with Gasteiger partial charge in [0, 0.05) is 11.8 Å². The Balaban J connectivity index is 3.22. The average Bonchev–Trinajstić information content (AvgIpc) is 1.85. The number of hydrogen-bond donors (Lipinski definition) is 1. The fourth-order valence-corrected chi connectivity index (χ4v) is 0.725. The van der Waals surface area contributed by atoms with Crippen molar-refractivity contribution in [1.29, 1.82) is 0 Å². The molecule has 0 saturated carbocycles. The van der Waals surface area contributed by atoms with Crippen LogP contribution in [0, 0.1) is 0 Å². The van der Waals surface area contributed by atoms with Crippen LogP contribution < -0.4 is 5.32 Å². The first kappa shape index (κ1) is 9.81. The minimum absolute atomic E-state index is 0.243. The van der Waals surface area contributed by atoms with Gasteiger partial charge in [-0.3, -0.25) is 4.79 Å². The Morgan fingerprint density at radius 3 is 2.60 bits per heavy atom. The SMILES string of the molecule is O=C(CCBr)NCC(F)F. The Morgan fingerprint density at radius 1 is 1.60 bits per heavy atom. The van der Waals surface area contributed by atoms with Crippen molar-refractivity contribution >= 4 is 21.8 Å². The summed E-state index contributed by atoms with van der Waals surface area (Å²) in [4.78, 5) is 10.5. The van der Waals surface area contributed by atoms with Gasteiger partial charge in [-0.2, -0.15) is 0 Å². The molecule has 1 amide bonds. The Labute approximate surface area is 66.1 Å². The Bertz CT molecular complexity index is 110. The molecule has 0 aliphatic carbocycles. The highest BCUT2D eigenvalue weighted by molar-refractivity contribution is 9.09. The van der Waals surface area contributed by atoms with Gasteiger partial charge >= 0.3 is 0 Å². The van der Waals surface area contributed by atoms with E-state index in [0.717, 1.165) is 0 Å². The molecule has 0 heterocycles. The van der Waals surface area contributed by atoms with E-state index in [0.29, 0.717) is 5.33 Å².